The molecular formula is C15H19N3O3. The fraction of sp³-hybridized carbons (Fsp3) is 0.533. The molecule has 0 radical (unpaired) electrons. The number of nitrogens with zero attached hydrogens (tertiary/aromatic N) is 2. The largest absolute Gasteiger partial charge is 0.462 e. The first-order valence-electron chi connectivity index (χ1n) is 7.36. The first kappa shape index (κ1) is 13.9. The molecule has 1 aliphatic carbocycles. The second-order valence-electron chi connectivity index (χ2n) is 5.48. The van der Waals surface area contributed by atoms with E-state index in [0.717, 1.165) is 19.4 Å². The van der Waals surface area contributed by atoms with Crippen molar-refractivity contribution in [2.75, 3.05) is 18.5 Å². The molecule has 112 valence electrons. The van der Waals surface area contributed by atoms with E-state index in [-0.39, 0.29) is 17.9 Å². The number of aromatic nitrogens is 1. The lowest BCUT2D eigenvalue weighted by Crippen LogP contribution is -2.29. The average molecular weight is 289 g/mol. The molecule has 1 atom stereocenters. The van der Waals surface area contributed by atoms with Crippen molar-refractivity contribution in [3.63, 3.8) is 0 Å². The van der Waals surface area contributed by atoms with Gasteiger partial charge >= 0.3 is 5.97 Å². The van der Waals surface area contributed by atoms with Crippen molar-refractivity contribution in [2.45, 2.75) is 38.3 Å². The van der Waals surface area contributed by atoms with Gasteiger partial charge in [-0.05, 0) is 31.9 Å². The lowest BCUT2D eigenvalue weighted by molar-refractivity contribution is -0.128. The van der Waals surface area contributed by atoms with Crippen LogP contribution in [-0.4, -0.2) is 47.0 Å². The zero-order valence-corrected chi connectivity index (χ0v) is 12.0. The third-order valence-electron chi connectivity index (χ3n) is 3.77. The highest BCUT2D eigenvalue weighted by molar-refractivity contribution is 5.89. The van der Waals surface area contributed by atoms with E-state index < -0.39 is 0 Å². The predicted molar refractivity (Wildman–Crippen MR) is 77.0 cm³/mol. The fourth-order valence-electron chi connectivity index (χ4n) is 2.59. The van der Waals surface area contributed by atoms with E-state index in [4.69, 9.17) is 4.74 Å². The Morgan fingerprint density at radius 1 is 1.48 bits per heavy atom. The van der Waals surface area contributed by atoms with Crippen LogP contribution in [0, 0.1) is 0 Å². The summed E-state index contributed by atoms with van der Waals surface area (Å²) in [5, 5.41) is 3.26. The Bertz CT molecular complexity index is 540. The highest BCUT2D eigenvalue weighted by Gasteiger charge is 2.39. The van der Waals surface area contributed by atoms with Gasteiger partial charge in [-0.2, -0.15) is 0 Å². The van der Waals surface area contributed by atoms with Crippen LogP contribution < -0.4 is 5.32 Å². The van der Waals surface area contributed by atoms with Crippen LogP contribution in [0.1, 0.15) is 36.5 Å². The number of rotatable bonds is 5. The molecule has 1 aliphatic heterocycles. The van der Waals surface area contributed by atoms with Crippen LogP contribution in [0.15, 0.2) is 18.3 Å². The molecule has 6 nitrogen and oxygen atoms in total. The van der Waals surface area contributed by atoms with Gasteiger partial charge in [0, 0.05) is 25.2 Å². The number of hydrogen-bond acceptors (Lipinski definition) is 5. The summed E-state index contributed by atoms with van der Waals surface area (Å²) in [6.45, 7) is 2.86. The van der Waals surface area contributed by atoms with E-state index in [0.29, 0.717) is 30.5 Å². The molecule has 1 aromatic rings. The number of carbonyl (C=O) groups excluding carboxylic acids is 2. The molecule has 1 aromatic heterocycles. The van der Waals surface area contributed by atoms with E-state index in [9.17, 15) is 9.59 Å². The minimum atomic E-state index is -0.368. The monoisotopic (exact) mass is 289 g/mol. The maximum absolute atomic E-state index is 11.9. The number of hydrogen-bond donors (Lipinski definition) is 1. The Labute approximate surface area is 123 Å². The molecule has 0 spiro atoms. The Balaban J connectivity index is 1.58. The molecule has 1 unspecified atom stereocenters. The summed E-state index contributed by atoms with van der Waals surface area (Å²) in [7, 11) is 0. The number of amides is 1. The number of anilines is 1. The van der Waals surface area contributed by atoms with Gasteiger partial charge in [-0.1, -0.05) is 0 Å². The first-order chi connectivity index (χ1) is 10.2. The lowest BCUT2D eigenvalue weighted by Gasteiger charge is -2.16. The number of pyridine rings is 1. The Morgan fingerprint density at radius 3 is 2.90 bits per heavy atom. The summed E-state index contributed by atoms with van der Waals surface area (Å²) in [6, 6.07) is 3.99. The van der Waals surface area contributed by atoms with E-state index >= 15 is 0 Å². The zero-order chi connectivity index (χ0) is 14.8. The highest BCUT2D eigenvalue weighted by Crippen LogP contribution is 2.31. The molecule has 1 saturated heterocycles. The van der Waals surface area contributed by atoms with Crippen LogP contribution in [0.4, 0.5) is 5.82 Å². The smallest absolute Gasteiger partial charge is 0.339 e. The topological polar surface area (TPSA) is 71.5 Å². The van der Waals surface area contributed by atoms with Crippen molar-refractivity contribution >= 4 is 17.7 Å². The first-order valence-corrected chi connectivity index (χ1v) is 7.36. The Hall–Kier alpha value is -2.11. The molecule has 1 saturated carbocycles. The summed E-state index contributed by atoms with van der Waals surface area (Å²) >= 11 is 0. The van der Waals surface area contributed by atoms with E-state index in [1.54, 1.807) is 19.1 Å². The van der Waals surface area contributed by atoms with Crippen molar-refractivity contribution in [3.8, 4) is 0 Å². The van der Waals surface area contributed by atoms with Crippen molar-refractivity contribution in [3.05, 3.63) is 23.9 Å². The van der Waals surface area contributed by atoms with Gasteiger partial charge < -0.3 is 15.0 Å². The SMILES string of the molecule is CCOC(=O)c1ccc(NC2CC(=O)N(C3CC3)C2)nc1. The van der Waals surface area contributed by atoms with Gasteiger partial charge in [-0.25, -0.2) is 9.78 Å². The molecule has 2 aliphatic rings. The Morgan fingerprint density at radius 2 is 2.29 bits per heavy atom. The van der Waals surface area contributed by atoms with Crippen molar-refractivity contribution in [1.82, 2.24) is 9.88 Å². The van der Waals surface area contributed by atoms with Crippen LogP contribution in [0.5, 0.6) is 0 Å². The molecular weight excluding hydrogens is 270 g/mol. The normalized spacial score (nSPS) is 21.5. The molecule has 2 heterocycles. The maximum Gasteiger partial charge on any atom is 0.339 e. The zero-order valence-electron chi connectivity index (χ0n) is 12.0. The lowest BCUT2D eigenvalue weighted by atomic mass is 10.2. The fourth-order valence-corrected chi connectivity index (χ4v) is 2.59. The van der Waals surface area contributed by atoms with Gasteiger partial charge in [-0.3, -0.25) is 4.79 Å². The van der Waals surface area contributed by atoms with Crippen LogP contribution in [-0.2, 0) is 9.53 Å². The van der Waals surface area contributed by atoms with Crippen molar-refractivity contribution in [1.29, 1.82) is 0 Å². The van der Waals surface area contributed by atoms with Crippen LogP contribution in [0.3, 0.4) is 0 Å². The molecule has 6 heteroatoms. The summed E-state index contributed by atoms with van der Waals surface area (Å²) in [5.74, 6) is 0.532. The molecule has 21 heavy (non-hydrogen) atoms. The van der Waals surface area contributed by atoms with Gasteiger partial charge in [0.1, 0.15) is 5.82 Å². The standard InChI is InChI=1S/C15H19N3O3/c1-2-21-15(20)10-3-6-13(16-8-10)17-11-7-14(19)18(9-11)12-4-5-12/h3,6,8,11-12H,2,4-5,7,9H2,1H3,(H,16,17). The minimum Gasteiger partial charge on any atom is -0.462 e. The third kappa shape index (κ3) is 3.15. The molecule has 1 amide bonds. The molecule has 0 aromatic carbocycles. The second kappa shape index (κ2) is 5.71. The quantitative estimate of drug-likeness (QED) is 0.830. The van der Waals surface area contributed by atoms with Gasteiger partial charge in [0.15, 0.2) is 0 Å². The Kier molecular flexibility index (Phi) is 3.77. The summed E-state index contributed by atoms with van der Waals surface area (Å²) < 4.78 is 4.91. The predicted octanol–water partition coefficient (Wildman–Crippen LogP) is 1.43. The van der Waals surface area contributed by atoms with Crippen molar-refractivity contribution in [2.24, 2.45) is 0 Å². The van der Waals surface area contributed by atoms with Crippen LogP contribution in [0.25, 0.3) is 0 Å². The van der Waals surface area contributed by atoms with E-state index in [1.165, 1.54) is 6.20 Å². The highest BCUT2D eigenvalue weighted by atomic mass is 16.5. The summed E-state index contributed by atoms with van der Waals surface area (Å²) in [6.07, 6.45) is 4.27. The molecule has 0 bridgehead atoms. The van der Waals surface area contributed by atoms with Crippen LogP contribution >= 0.6 is 0 Å². The van der Waals surface area contributed by atoms with Gasteiger partial charge in [-0.15, -0.1) is 0 Å². The summed E-state index contributed by atoms with van der Waals surface area (Å²) in [4.78, 5) is 29.6. The van der Waals surface area contributed by atoms with E-state index in [2.05, 4.69) is 10.3 Å². The molecule has 1 N–H and O–H groups in total. The average Bonchev–Trinajstić information content (AvgIpc) is 3.24. The molecule has 3 rings (SSSR count). The van der Waals surface area contributed by atoms with Gasteiger partial charge in [0.2, 0.25) is 5.91 Å². The molecule has 2 fully saturated rings. The minimum absolute atomic E-state index is 0.0963. The van der Waals surface area contributed by atoms with Crippen LogP contribution in [0.2, 0.25) is 0 Å². The maximum atomic E-state index is 11.9. The van der Waals surface area contributed by atoms with Gasteiger partial charge in [0.05, 0.1) is 18.2 Å². The van der Waals surface area contributed by atoms with E-state index in [1.807, 2.05) is 4.90 Å². The van der Waals surface area contributed by atoms with Crippen molar-refractivity contribution < 1.29 is 14.3 Å². The number of likely N-dealkylation sites (tertiary alicyclic amines) is 1. The second-order valence-corrected chi connectivity index (χ2v) is 5.48. The number of nitrogens with one attached hydrogen (secondary N) is 1. The number of carbonyl (C=O) groups is 2. The summed E-state index contributed by atoms with van der Waals surface area (Å²) in [5.41, 5.74) is 0.435. The third-order valence-corrected chi connectivity index (χ3v) is 3.77. The number of ether oxygens (including phenoxy) is 1. The number of esters is 1. The van der Waals surface area contributed by atoms with Gasteiger partial charge in [0.25, 0.3) is 0 Å².